The van der Waals surface area contributed by atoms with Crippen molar-refractivity contribution in [2.45, 2.75) is 38.6 Å². The summed E-state index contributed by atoms with van der Waals surface area (Å²) in [5.74, 6) is 0.851. The molecule has 1 aliphatic heterocycles. The van der Waals surface area contributed by atoms with Crippen molar-refractivity contribution in [3.05, 3.63) is 70.2 Å². The Labute approximate surface area is 178 Å². The first-order valence-electron chi connectivity index (χ1n) is 10.1. The molecule has 0 spiro atoms. The summed E-state index contributed by atoms with van der Waals surface area (Å²) >= 11 is 5.97. The number of hydrogen-bond acceptors (Lipinski definition) is 3. The van der Waals surface area contributed by atoms with E-state index >= 15 is 0 Å². The molecule has 2 aromatic carbocycles. The number of aliphatic imine (C=N–C) groups is 1. The van der Waals surface area contributed by atoms with Crippen molar-refractivity contribution < 1.29 is 9.47 Å². The first kappa shape index (κ1) is 21.6. The Morgan fingerprint density at radius 3 is 2.59 bits per heavy atom. The van der Waals surface area contributed by atoms with Crippen molar-refractivity contribution >= 4 is 17.6 Å². The van der Waals surface area contributed by atoms with Crippen LogP contribution in [0.4, 0.5) is 0 Å². The number of rotatable bonds is 7. The van der Waals surface area contributed by atoms with Gasteiger partial charge in [-0.05, 0) is 41.7 Å². The summed E-state index contributed by atoms with van der Waals surface area (Å²) in [4.78, 5) is 6.50. The van der Waals surface area contributed by atoms with E-state index in [9.17, 15) is 0 Å². The number of nitrogens with zero attached hydrogens (tertiary/aromatic N) is 2. The minimum absolute atomic E-state index is 0.311. The fraction of sp³-hybridized carbons (Fsp3) is 0.435. The summed E-state index contributed by atoms with van der Waals surface area (Å²) < 4.78 is 11.4. The fourth-order valence-electron chi connectivity index (χ4n) is 3.39. The Morgan fingerprint density at radius 2 is 1.86 bits per heavy atom. The first-order valence-corrected chi connectivity index (χ1v) is 10.4. The largest absolute Gasteiger partial charge is 0.381 e. The Kier molecular flexibility index (Phi) is 8.35. The summed E-state index contributed by atoms with van der Waals surface area (Å²) in [7, 11) is 3.83. The maximum absolute atomic E-state index is 6.04. The average molecular weight is 416 g/mol. The zero-order valence-corrected chi connectivity index (χ0v) is 18.0. The summed E-state index contributed by atoms with van der Waals surface area (Å²) in [6.07, 6.45) is 2.28. The van der Waals surface area contributed by atoms with Crippen LogP contribution in [0, 0.1) is 0 Å². The summed E-state index contributed by atoms with van der Waals surface area (Å²) in [5, 5.41) is 4.19. The minimum Gasteiger partial charge on any atom is -0.381 e. The molecule has 1 N–H and O–H groups in total. The molecule has 0 saturated carbocycles. The van der Waals surface area contributed by atoms with Crippen LogP contribution in [0.15, 0.2) is 53.5 Å². The average Bonchev–Trinajstić information content (AvgIpc) is 2.75. The van der Waals surface area contributed by atoms with Gasteiger partial charge in [0.1, 0.15) is 0 Å². The van der Waals surface area contributed by atoms with Crippen LogP contribution in [0.25, 0.3) is 0 Å². The Hall–Kier alpha value is -2.08. The van der Waals surface area contributed by atoms with Gasteiger partial charge in [0.25, 0.3) is 0 Å². The van der Waals surface area contributed by atoms with Gasteiger partial charge in [0, 0.05) is 45.4 Å². The molecule has 156 valence electrons. The molecule has 0 aliphatic carbocycles. The van der Waals surface area contributed by atoms with Crippen LogP contribution in [0.3, 0.4) is 0 Å². The van der Waals surface area contributed by atoms with E-state index in [1.54, 1.807) is 7.05 Å². The number of halogens is 1. The summed E-state index contributed by atoms with van der Waals surface area (Å²) in [6.45, 7) is 3.72. The molecule has 2 aromatic rings. The smallest absolute Gasteiger partial charge is 0.193 e. The standard InChI is InChI=1S/C23H30ClN3O2/c1-25-23(27(2)16-18-6-8-21(24)9-7-18)26-15-19-4-3-5-20(14-19)17-29-22-10-12-28-13-11-22/h3-9,14,22H,10-13,15-17H2,1-2H3,(H,25,26). The Morgan fingerprint density at radius 1 is 1.14 bits per heavy atom. The van der Waals surface area contributed by atoms with Crippen molar-refractivity contribution in [3.63, 3.8) is 0 Å². The van der Waals surface area contributed by atoms with E-state index in [4.69, 9.17) is 21.1 Å². The highest BCUT2D eigenvalue weighted by atomic mass is 35.5. The lowest BCUT2D eigenvalue weighted by molar-refractivity contribution is -0.0390. The monoisotopic (exact) mass is 415 g/mol. The molecule has 0 bridgehead atoms. The third-order valence-corrected chi connectivity index (χ3v) is 5.25. The van der Waals surface area contributed by atoms with Gasteiger partial charge in [0.05, 0.1) is 12.7 Å². The van der Waals surface area contributed by atoms with Crippen molar-refractivity contribution in [1.82, 2.24) is 10.2 Å². The van der Waals surface area contributed by atoms with E-state index in [2.05, 4.69) is 39.5 Å². The fourth-order valence-corrected chi connectivity index (χ4v) is 3.52. The van der Waals surface area contributed by atoms with Crippen LogP contribution in [0.5, 0.6) is 0 Å². The quantitative estimate of drug-likeness (QED) is 0.542. The molecule has 6 heteroatoms. The molecule has 0 amide bonds. The SMILES string of the molecule is CN=C(NCc1cccc(COC2CCOCC2)c1)N(C)Cc1ccc(Cl)cc1. The van der Waals surface area contributed by atoms with E-state index < -0.39 is 0 Å². The van der Waals surface area contributed by atoms with Crippen molar-refractivity contribution in [2.75, 3.05) is 27.3 Å². The predicted octanol–water partition coefficient (Wildman–Crippen LogP) is 4.24. The molecule has 0 atom stereocenters. The maximum atomic E-state index is 6.04. The maximum Gasteiger partial charge on any atom is 0.193 e. The van der Waals surface area contributed by atoms with Gasteiger partial charge in [-0.15, -0.1) is 0 Å². The van der Waals surface area contributed by atoms with Gasteiger partial charge in [0.2, 0.25) is 0 Å². The predicted molar refractivity (Wildman–Crippen MR) is 118 cm³/mol. The van der Waals surface area contributed by atoms with Crippen LogP contribution in [-0.2, 0) is 29.2 Å². The lowest BCUT2D eigenvalue weighted by atomic mass is 10.1. The van der Waals surface area contributed by atoms with Gasteiger partial charge < -0.3 is 19.7 Å². The molecule has 5 nitrogen and oxygen atoms in total. The molecule has 0 radical (unpaired) electrons. The Bertz CT molecular complexity index is 789. The molecule has 0 aromatic heterocycles. The van der Waals surface area contributed by atoms with E-state index in [0.29, 0.717) is 19.3 Å². The Balaban J connectivity index is 1.50. The lowest BCUT2D eigenvalue weighted by Gasteiger charge is -2.23. The second-order valence-corrected chi connectivity index (χ2v) is 7.76. The van der Waals surface area contributed by atoms with Gasteiger partial charge in [-0.3, -0.25) is 4.99 Å². The molecule has 1 saturated heterocycles. The molecule has 3 rings (SSSR count). The van der Waals surface area contributed by atoms with Crippen molar-refractivity contribution in [3.8, 4) is 0 Å². The van der Waals surface area contributed by atoms with Crippen LogP contribution in [0.2, 0.25) is 5.02 Å². The number of ether oxygens (including phenoxy) is 2. The molecule has 1 heterocycles. The molecule has 0 unspecified atom stereocenters. The third-order valence-electron chi connectivity index (χ3n) is 5.00. The molecule has 29 heavy (non-hydrogen) atoms. The van der Waals surface area contributed by atoms with Crippen LogP contribution < -0.4 is 5.32 Å². The zero-order valence-electron chi connectivity index (χ0n) is 17.2. The summed E-state index contributed by atoms with van der Waals surface area (Å²) in [5.41, 5.74) is 3.59. The first-order chi connectivity index (χ1) is 14.1. The minimum atomic E-state index is 0.311. The van der Waals surface area contributed by atoms with Gasteiger partial charge in [-0.1, -0.05) is 48.0 Å². The van der Waals surface area contributed by atoms with Crippen molar-refractivity contribution in [1.29, 1.82) is 0 Å². The van der Waals surface area contributed by atoms with E-state index in [0.717, 1.165) is 43.6 Å². The number of guanidine groups is 1. The third kappa shape index (κ3) is 7.03. The van der Waals surface area contributed by atoms with Gasteiger partial charge in [-0.2, -0.15) is 0 Å². The highest BCUT2D eigenvalue weighted by Crippen LogP contribution is 2.15. The van der Waals surface area contributed by atoms with Crippen LogP contribution in [0.1, 0.15) is 29.5 Å². The normalized spacial score (nSPS) is 15.3. The van der Waals surface area contributed by atoms with Crippen molar-refractivity contribution in [2.24, 2.45) is 4.99 Å². The highest BCUT2D eigenvalue weighted by Gasteiger charge is 2.14. The van der Waals surface area contributed by atoms with E-state index in [-0.39, 0.29) is 0 Å². The number of benzene rings is 2. The summed E-state index contributed by atoms with van der Waals surface area (Å²) in [6, 6.07) is 16.4. The molecule has 1 fully saturated rings. The molecular weight excluding hydrogens is 386 g/mol. The van der Waals surface area contributed by atoms with Gasteiger partial charge >= 0.3 is 0 Å². The lowest BCUT2D eigenvalue weighted by Crippen LogP contribution is -2.38. The van der Waals surface area contributed by atoms with Crippen LogP contribution in [-0.4, -0.2) is 44.3 Å². The van der Waals surface area contributed by atoms with E-state index in [1.165, 1.54) is 16.7 Å². The highest BCUT2D eigenvalue weighted by molar-refractivity contribution is 6.30. The van der Waals surface area contributed by atoms with Gasteiger partial charge in [-0.25, -0.2) is 0 Å². The second-order valence-electron chi connectivity index (χ2n) is 7.33. The van der Waals surface area contributed by atoms with Crippen LogP contribution >= 0.6 is 11.6 Å². The van der Waals surface area contributed by atoms with E-state index in [1.807, 2.05) is 31.3 Å². The second kappa shape index (κ2) is 11.2. The number of hydrogen-bond donors (Lipinski definition) is 1. The molecule has 1 aliphatic rings. The molecular formula is C23H30ClN3O2. The van der Waals surface area contributed by atoms with Gasteiger partial charge in [0.15, 0.2) is 5.96 Å². The topological polar surface area (TPSA) is 46.1 Å². The number of nitrogens with one attached hydrogen (secondary N) is 1. The zero-order chi connectivity index (χ0) is 20.5.